The Morgan fingerprint density at radius 2 is 2.21 bits per heavy atom. The zero-order chi connectivity index (χ0) is 13.9. The minimum Gasteiger partial charge on any atom is -0.390 e. The number of aliphatic hydroxyl groups excluding tert-OH is 1. The van der Waals surface area contributed by atoms with E-state index in [1.807, 2.05) is 12.1 Å². The Morgan fingerprint density at radius 3 is 2.84 bits per heavy atom. The third-order valence-electron chi connectivity index (χ3n) is 3.10. The molecule has 0 saturated carbocycles. The van der Waals surface area contributed by atoms with Crippen LogP contribution in [0.5, 0.6) is 0 Å². The van der Waals surface area contributed by atoms with Gasteiger partial charge in [0, 0.05) is 17.5 Å². The second kappa shape index (κ2) is 6.26. The molecule has 6 heteroatoms. The summed E-state index contributed by atoms with van der Waals surface area (Å²) in [5.74, 6) is 0.921. The average Bonchev–Trinajstić information content (AvgIpc) is 2.61. The Morgan fingerprint density at radius 1 is 1.42 bits per heavy atom. The minimum absolute atomic E-state index is 0.0254. The van der Waals surface area contributed by atoms with Gasteiger partial charge in [0.05, 0.1) is 17.6 Å². The number of nitrogens with one attached hydrogen (secondary N) is 1. The molecule has 0 unspecified atom stereocenters. The molecule has 4 nitrogen and oxygen atoms in total. The summed E-state index contributed by atoms with van der Waals surface area (Å²) in [6, 6.07) is 7.80. The summed E-state index contributed by atoms with van der Waals surface area (Å²) in [6.45, 7) is 2.69. The Hall–Kier alpha value is -0.560. The number of sulfone groups is 1. The molecule has 0 bridgehead atoms. The highest BCUT2D eigenvalue weighted by Crippen LogP contribution is 2.19. The standard InChI is InChI=1S/C13H19NO3S2/c1-2-18-11-5-3-4-10(6-11)7-14-12-8-19(16,17)9-13(12)15/h3-6,12-15H,2,7-9H2,1H3/t12-,13-/m1/s1. The number of hydrogen-bond donors (Lipinski definition) is 2. The van der Waals surface area contributed by atoms with Gasteiger partial charge in [0.2, 0.25) is 0 Å². The summed E-state index contributed by atoms with van der Waals surface area (Å²) < 4.78 is 22.8. The van der Waals surface area contributed by atoms with E-state index in [0.717, 1.165) is 11.3 Å². The Balaban J connectivity index is 1.94. The number of rotatable bonds is 5. The van der Waals surface area contributed by atoms with Gasteiger partial charge in [-0.2, -0.15) is 0 Å². The molecule has 1 saturated heterocycles. The fraction of sp³-hybridized carbons (Fsp3) is 0.538. The van der Waals surface area contributed by atoms with Gasteiger partial charge in [0.1, 0.15) is 0 Å². The average molecular weight is 301 g/mol. The monoisotopic (exact) mass is 301 g/mol. The summed E-state index contributed by atoms with van der Waals surface area (Å²) >= 11 is 1.77. The molecular weight excluding hydrogens is 282 g/mol. The molecule has 19 heavy (non-hydrogen) atoms. The normalized spacial score (nSPS) is 25.6. The lowest BCUT2D eigenvalue weighted by atomic mass is 10.2. The highest BCUT2D eigenvalue weighted by atomic mass is 32.2. The molecule has 1 aliphatic heterocycles. The van der Waals surface area contributed by atoms with E-state index in [0.29, 0.717) is 6.54 Å². The Labute approximate surface area is 118 Å². The molecule has 1 aromatic rings. The fourth-order valence-corrected chi connectivity index (χ4v) is 4.70. The van der Waals surface area contributed by atoms with E-state index in [9.17, 15) is 13.5 Å². The van der Waals surface area contributed by atoms with Crippen LogP contribution in [0.15, 0.2) is 29.2 Å². The molecule has 0 spiro atoms. The lowest BCUT2D eigenvalue weighted by Gasteiger charge is -2.15. The molecule has 1 fully saturated rings. The molecule has 0 amide bonds. The molecule has 2 N–H and O–H groups in total. The van der Waals surface area contributed by atoms with Crippen molar-refractivity contribution in [3.05, 3.63) is 29.8 Å². The van der Waals surface area contributed by atoms with E-state index in [2.05, 4.69) is 24.4 Å². The van der Waals surface area contributed by atoms with Crippen LogP contribution in [0.25, 0.3) is 0 Å². The third-order valence-corrected chi connectivity index (χ3v) is 5.69. The van der Waals surface area contributed by atoms with Crippen molar-refractivity contribution >= 4 is 21.6 Å². The molecular formula is C13H19NO3S2. The van der Waals surface area contributed by atoms with E-state index in [1.54, 1.807) is 11.8 Å². The Bertz CT molecular complexity index is 530. The van der Waals surface area contributed by atoms with Crippen molar-refractivity contribution in [2.24, 2.45) is 0 Å². The maximum atomic E-state index is 11.4. The van der Waals surface area contributed by atoms with E-state index < -0.39 is 15.9 Å². The van der Waals surface area contributed by atoms with E-state index in [1.165, 1.54) is 4.90 Å². The van der Waals surface area contributed by atoms with Crippen molar-refractivity contribution in [3.63, 3.8) is 0 Å². The van der Waals surface area contributed by atoms with Crippen LogP contribution in [0.2, 0.25) is 0 Å². The highest BCUT2D eigenvalue weighted by molar-refractivity contribution is 7.99. The van der Waals surface area contributed by atoms with Crippen LogP contribution in [0.3, 0.4) is 0 Å². The Kier molecular flexibility index (Phi) is 4.89. The first kappa shape index (κ1) is 14.8. The van der Waals surface area contributed by atoms with Crippen molar-refractivity contribution in [1.82, 2.24) is 5.32 Å². The first-order valence-corrected chi connectivity index (χ1v) is 9.14. The van der Waals surface area contributed by atoms with Gasteiger partial charge in [-0.15, -0.1) is 11.8 Å². The van der Waals surface area contributed by atoms with Gasteiger partial charge in [0.15, 0.2) is 9.84 Å². The molecule has 106 valence electrons. The van der Waals surface area contributed by atoms with Gasteiger partial charge in [-0.1, -0.05) is 19.1 Å². The van der Waals surface area contributed by atoms with Crippen molar-refractivity contribution in [3.8, 4) is 0 Å². The van der Waals surface area contributed by atoms with Gasteiger partial charge in [-0.25, -0.2) is 8.42 Å². The molecule has 1 aromatic carbocycles. The number of thioether (sulfide) groups is 1. The first-order valence-electron chi connectivity index (χ1n) is 6.34. The smallest absolute Gasteiger partial charge is 0.154 e. The van der Waals surface area contributed by atoms with Gasteiger partial charge >= 0.3 is 0 Å². The van der Waals surface area contributed by atoms with Gasteiger partial charge in [0.25, 0.3) is 0 Å². The molecule has 2 atom stereocenters. The summed E-state index contributed by atoms with van der Waals surface area (Å²) in [7, 11) is -3.08. The molecule has 0 radical (unpaired) electrons. The summed E-state index contributed by atoms with van der Waals surface area (Å²) in [4.78, 5) is 1.21. The lowest BCUT2D eigenvalue weighted by Crippen LogP contribution is -2.38. The van der Waals surface area contributed by atoms with Gasteiger partial charge < -0.3 is 10.4 Å². The van der Waals surface area contributed by atoms with Crippen LogP contribution < -0.4 is 5.32 Å². The topological polar surface area (TPSA) is 66.4 Å². The van der Waals surface area contributed by atoms with Crippen molar-refractivity contribution in [2.45, 2.75) is 30.5 Å². The van der Waals surface area contributed by atoms with Crippen LogP contribution in [0.1, 0.15) is 12.5 Å². The molecule has 1 aliphatic rings. The van der Waals surface area contributed by atoms with Crippen LogP contribution in [-0.2, 0) is 16.4 Å². The zero-order valence-electron chi connectivity index (χ0n) is 10.9. The first-order chi connectivity index (χ1) is 9.00. The molecule has 0 aliphatic carbocycles. The predicted octanol–water partition coefficient (Wildman–Crippen LogP) is 1.05. The molecule has 2 rings (SSSR count). The number of hydrogen-bond acceptors (Lipinski definition) is 5. The summed E-state index contributed by atoms with van der Waals surface area (Å²) in [5.41, 5.74) is 1.11. The third kappa shape index (κ3) is 4.21. The molecule has 1 heterocycles. The second-order valence-corrected chi connectivity index (χ2v) is 8.20. The van der Waals surface area contributed by atoms with Crippen LogP contribution in [0.4, 0.5) is 0 Å². The van der Waals surface area contributed by atoms with Crippen LogP contribution >= 0.6 is 11.8 Å². The van der Waals surface area contributed by atoms with Crippen molar-refractivity contribution < 1.29 is 13.5 Å². The van der Waals surface area contributed by atoms with Crippen LogP contribution in [0, 0.1) is 0 Å². The maximum Gasteiger partial charge on any atom is 0.154 e. The predicted molar refractivity (Wildman–Crippen MR) is 78.1 cm³/mol. The van der Waals surface area contributed by atoms with Crippen molar-refractivity contribution in [1.29, 1.82) is 0 Å². The SMILES string of the molecule is CCSc1cccc(CN[C@@H]2CS(=O)(=O)C[C@H]2O)c1. The van der Waals surface area contributed by atoms with Gasteiger partial charge in [-0.3, -0.25) is 0 Å². The van der Waals surface area contributed by atoms with E-state index >= 15 is 0 Å². The van der Waals surface area contributed by atoms with E-state index in [-0.39, 0.29) is 17.5 Å². The summed E-state index contributed by atoms with van der Waals surface area (Å²) in [6.07, 6.45) is -0.793. The molecule has 0 aromatic heterocycles. The van der Waals surface area contributed by atoms with Gasteiger partial charge in [-0.05, 0) is 23.4 Å². The zero-order valence-corrected chi connectivity index (χ0v) is 12.5. The van der Waals surface area contributed by atoms with Crippen LogP contribution in [-0.4, -0.2) is 42.9 Å². The highest BCUT2D eigenvalue weighted by Gasteiger charge is 2.35. The van der Waals surface area contributed by atoms with E-state index in [4.69, 9.17) is 0 Å². The minimum atomic E-state index is -3.08. The second-order valence-electron chi connectivity index (χ2n) is 4.71. The number of benzene rings is 1. The summed E-state index contributed by atoms with van der Waals surface area (Å²) in [5, 5.41) is 12.8. The maximum absolute atomic E-state index is 11.4. The largest absolute Gasteiger partial charge is 0.390 e. The van der Waals surface area contributed by atoms with Crippen molar-refractivity contribution in [2.75, 3.05) is 17.3 Å². The fourth-order valence-electron chi connectivity index (χ4n) is 2.18. The lowest BCUT2D eigenvalue weighted by molar-refractivity contribution is 0.165. The quantitative estimate of drug-likeness (QED) is 0.796. The number of aliphatic hydroxyl groups is 1.